The van der Waals surface area contributed by atoms with E-state index in [0.717, 1.165) is 18.9 Å². The minimum absolute atomic E-state index is 0.310. The van der Waals surface area contributed by atoms with E-state index in [-0.39, 0.29) is 0 Å². The summed E-state index contributed by atoms with van der Waals surface area (Å²) in [6.45, 7) is 4.83. The van der Waals surface area contributed by atoms with Crippen LogP contribution in [-0.4, -0.2) is 29.2 Å². The number of aliphatic hydroxyl groups is 1. The molecule has 2 atom stereocenters. The van der Waals surface area contributed by atoms with Crippen LogP contribution in [0, 0.1) is 5.92 Å². The Labute approximate surface area is 104 Å². The molecular formula is C15H23NO. The van der Waals surface area contributed by atoms with Crippen LogP contribution in [0.2, 0.25) is 0 Å². The van der Waals surface area contributed by atoms with Crippen LogP contribution < -0.4 is 0 Å². The molecule has 1 N–H and O–H groups in total. The molecule has 0 aromatic heterocycles. The molecule has 94 valence electrons. The number of likely N-dealkylation sites (tertiary alicyclic amines) is 1. The van der Waals surface area contributed by atoms with E-state index in [9.17, 15) is 0 Å². The molecule has 1 aromatic carbocycles. The fourth-order valence-corrected chi connectivity index (χ4v) is 2.79. The highest BCUT2D eigenvalue weighted by Crippen LogP contribution is 2.25. The molecule has 0 bridgehead atoms. The lowest BCUT2D eigenvalue weighted by molar-refractivity contribution is 0.0854. The number of rotatable bonds is 4. The van der Waals surface area contributed by atoms with Gasteiger partial charge in [-0.05, 0) is 30.7 Å². The van der Waals surface area contributed by atoms with Crippen molar-refractivity contribution in [3.8, 4) is 0 Å². The number of hydrogen-bond acceptors (Lipinski definition) is 2. The van der Waals surface area contributed by atoms with E-state index in [1.807, 2.05) is 0 Å². The molecule has 1 heterocycles. The van der Waals surface area contributed by atoms with Gasteiger partial charge in [0.05, 0.1) is 0 Å². The Morgan fingerprint density at radius 3 is 2.71 bits per heavy atom. The minimum Gasteiger partial charge on any atom is -0.396 e. The van der Waals surface area contributed by atoms with Crippen LogP contribution >= 0.6 is 0 Å². The van der Waals surface area contributed by atoms with Crippen molar-refractivity contribution in [3.63, 3.8) is 0 Å². The second kappa shape index (κ2) is 6.18. The maximum absolute atomic E-state index is 9.14. The molecule has 1 saturated heterocycles. The van der Waals surface area contributed by atoms with Gasteiger partial charge in [-0.25, -0.2) is 0 Å². The van der Waals surface area contributed by atoms with E-state index in [1.165, 1.54) is 24.9 Å². The van der Waals surface area contributed by atoms with Crippen LogP contribution in [0.3, 0.4) is 0 Å². The molecule has 2 heteroatoms. The molecular weight excluding hydrogens is 210 g/mol. The van der Waals surface area contributed by atoms with Gasteiger partial charge in [0.2, 0.25) is 0 Å². The monoisotopic (exact) mass is 233 g/mol. The highest BCUT2D eigenvalue weighted by atomic mass is 16.3. The summed E-state index contributed by atoms with van der Waals surface area (Å²) < 4.78 is 0. The fraction of sp³-hybridized carbons (Fsp3) is 0.600. The predicted molar refractivity (Wildman–Crippen MR) is 70.7 cm³/mol. The van der Waals surface area contributed by atoms with Crippen LogP contribution in [0.4, 0.5) is 0 Å². The van der Waals surface area contributed by atoms with Crippen LogP contribution in [0.15, 0.2) is 30.3 Å². The molecule has 1 fully saturated rings. The number of aliphatic hydroxyl groups excluding tert-OH is 1. The molecule has 0 aliphatic carbocycles. The summed E-state index contributed by atoms with van der Waals surface area (Å²) in [4.78, 5) is 2.54. The van der Waals surface area contributed by atoms with Crippen molar-refractivity contribution in [3.05, 3.63) is 35.9 Å². The first-order valence-corrected chi connectivity index (χ1v) is 6.68. The molecule has 2 rings (SSSR count). The van der Waals surface area contributed by atoms with Gasteiger partial charge in [-0.3, -0.25) is 4.90 Å². The average molecular weight is 233 g/mol. The van der Waals surface area contributed by atoms with Crippen molar-refractivity contribution in [2.75, 3.05) is 13.2 Å². The maximum atomic E-state index is 9.14. The standard InChI is InChI=1S/C15H23NO/c1-13-7-8-15(9-10-17)16(11-13)12-14-5-3-2-4-6-14/h2-6,13,15,17H,7-12H2,1H3/t13-,15+/m1/s1. The highest BCUT2D eigenvalue weighted by molar-refractivity contribution is 5.14. The average Bonchev–Trinajstić information content (AvgIpc) is 2.34. The second-order valence-electron chi connectivity index (χ2n) is 5.26. The van der Waals surface area contributed by atoms with Crippen LogP contribution in [0.1, 0.15) is 31.7 Å². The number of nitrogens with zero attached hydrogens (tertiary/aromatic N) is 1. The summed E-state index contributed by atoms with van der Waals surface area (Å²) in [5.41, 5.74) is 1.38. The molecule has 1 aliphatic heterocycles. The number of hydrogen-bond donors (Lipinski definition) is 1. The molecule has 0 amide bonds. The van der Waals surface area contributed by atoms with Gasteiger partial charge in [0.1, 0.15) is 0 Å². The molecule has 2 nitrogen and oxygen atoms in total. The van der Waals surface area contributed by atoms with Gasteiger partial charge >= 0.3 is 0 Å². The van der Waals surface area contributed by atoms with Crippen molar-refractivity contribution in [1.29, 1.82) is 0 Å². The maximum Gasteiger partial charge on any atom is 0.0445 e. The van der Waals surface area contributed by atoms with E-state index < -0.39 is 0 Å². The number of benzene rings is 1. The lowest BCUT2D eigenvalue weighted by Gasteiger charge is -2.38. The first-order valence-electron chi connectivity index (χ1n) is 6.68. The second-order valence-corrected chi connectivity index (χ2v) is 5.26. The van der Waals surface area contributed by atoms with E-state index in [0.29, 0.717) is 12.6 Å². The van der Waals surface area contributed by atoms with Crippen molar-refractivity contribution < 1.29 is 5.11 Å². The van der Waals surface area contributed by atoms with Gasteiger partial charge in [0.15, 0.2) is 0 Å². The Morgan fingerprint density at radius 1 is 1.24 bits per heavy atom. The van der Waals surface area contributed by atoms with Crippen LogP contribution in [0.5, 0.6) is 0 Å². The first-order chi connectivity index (χ1) is 8.29. The molecule has 0 saturated carbocycles. The quantitative estimate of drug-likeness (QED) is 0.864. The molecule has 0 radical (unpaired) electrons. The third kappa shape index (κ3) is 3.55. The summed E-state index contributed by atoms with van der Waals surface area (Å²) in [5, 5.41) is 9.14. The largest absolute Gasteiger partial charge is 0.396 e. The molecule has 0 unspecified atom stereocenters. The SMILES string of the molecule is C[C@@H]1CC[C@@H](CCO)N(Cc2ccccc2)C1. The Kier molecular flexibility index (Phi) is 4.57. The summed E-state index contributed by atoms with van der Waals surface area (Å²) in [5.74, 6) is 0.786. The summed E-state index contributed by atoms with van der Waals surface area (Å²) in [6.07, 6.45) is 3.45. The summed E-state index contributed by atoms with van der Waals surface area (Å²) in [6, 6.07) is 11.2. The minimum atomic E-state index is 0.310. The first kappa shape index (κ1) is 12.6. The van der Waals surface area contributed by atoms with Gasteiger partial charge in [-0.15, -0.1) is 0 Å². The van der Waals surface area contributed by atoms with Gasteiger partial charge < -0.3 is 5.11 Å². The zero-order valence-electron chi connectivity index (χ0n) is 10.7. The smallest absolute Gasteiger partial charge is 0.0445 e. The zero-order valence-corrected chi connectivity index (χ0v) is 10.7. The van der Waals surface area contributed by atoms with E-state index in [2.05, 4.69) is 42.2 Å². The Hall–Kier alpha value is -0.860. The zero-order chi connectivity index (χ0) is 12.1. The van der Waals surface area contributed by atoms with Crippen molar-refractivity contribution in [2.45, 2.75) is 38.8 Å². The van der Waals surface area contributed by atoms with Gasteiger partial charge in [0.25, 0.3) is 0 Å². The van der Waals surface area contributed by atoms with Crippen LogP contribution in [-0.2, 0) is 6.54 Å². The lowest BCUT2D eigenvalue weighted by atomic mass is 9.92. The molecule has 1 aromatic rings. The van der Waals surface area contributed by atoms with E-state index >= 15 is 0 Å². The Morgan fingerprint density at radius 2 is 2.00 bits per heavy atom. The third-order valence-electron chi connectivity index (χ3n) is 3.75. The highest BCUT2D eigenvalue weighted by Gasteiger charge is 2.25. The Balaban J connectivity index is 1.99. The van der Waals surface area contributed by atoms with Gasteiger partial charge in [-0.2, -0.15) is 0 Å². The molecule has 1 aliphatic rings. The predicted octanol–water partition coefficient (Wildman–Crippen LogP) is 2.67. The molecule has 0 spiro atoms. The lowest BCUT2D eigenvalue weighted by Crippen LogP contribution is -2.42. The van der Waals surface area contributed by atoms with Gasteiger partial charge in [-0.1, -0.05) is 37.3 Å². The van der Waals surface area contributed by atoms with Crippen molar-refractivity contribution in [2.24, 2.45) is 5.92 Å². The van der Waals surface area contributed by atoms with Crippen molar-refractivity contribution in [1.82, 2.24) is 4.90 Å². The Bertz CT molecular complexity index is 325. The fourth-order valence-electron chi connectivity index (χ4n) is 2.79. The van der Waals surface area contributed by atoms with E-state index in [4.69, 9.17) is 5.11 Å². The van der Waals surface area contributed by atoms with Crippen molar-refractivity contribution >= 4 is 0 Å². The normalized spacial score (nSPS) is 26.0. The number of piperidine rings is 1. The van der Waals surface area contributed by atoms with Gasteiger partial charge in [0, 0.05) is 25.7 Å². The van der Waals surface area contributed by atoms with E-state index in [1.54, 1.807) is 0 Å². The summed E-state index contributed by atoms with van der Waals surface area (Å²) >= 11 is 0. The summed E-state index contributed by atoms with van der Waals surface area (Å²) in [7, 11) is 0. The van der Waals surface area contributed by atoms with Crippen LogP contribution in [0.25, 0.3) is 0 Å². The topological polar surface area (TPSA) is 23.5 Å². The molecule has 17 heavy (non-hydrogen) atoms. The third-order valence-corrected chi connectivity index (χ3v) is 3.75.